The molecule has 3 heteroatoms. The molecule has 0 bridgehead atoms. The minimum absolute atomic E-state index is 0. The van der Waals surface area contributed by atoms with Crippen molar-refractivity contribution < 1.29 is 9.90 Å². The molecule has 0 saturated heterocycles. The second-order valence-electron chi connectivity index (χ2n) is 2.02. The third-order valence-corrected chi connectivity index (χ3v) is 1.32. The van der Waals surface area contributed by atoms with Gasteiger partial charge in [-0.2, -0.15) is 12.8 Å². The van der Waals surface area contributed by atoms with Crippen LogP contribution in [-0.2, 0) is 4.79 Å². The van der Waals surface area contributed by atoms with Crippen molar-refractivity contribution in [3.05, 3.63) is 6.42 Å². The summed E-state index contributed by atoms with van der Waals surface area (Å²) < 4.78 is 0. The Morgan fingerprint density at radius 2 is 1.60 bits per heavy atom. The summed E-state index contributed by atoms with van der Waals surface area (Å²) in [6, 6.07) is 0. The van der Waals surface area contributed by atoms with Crippen molar-refractivity contribution in [2.24, 2.45) is 0 Å². The standard InChI is InChI=1S/C6H11.CHO2.Mg/c1-2-4-6-5-3-1;2-1-3;/h1H,2-6H2;(H,2,3);/q2*-1;+2. The molecule has 1 N–H and O–H groups in total. The van der Waals surface area contributed by atoms with E-state index in [-0.39, 0.29) is 23.1 Å². The zero-order chi connectivity index (χ0) is 6.95. The number of hydrogen-bond acceptors (Lipinski definition) is 1. The van der Waals surface area contributed by atoms with Gasteiger partial charge in [0.1, 0.15) is 0 Å². The minimum atomic E-state index is 0. The Balaban J connectivity index is 0. The second-order valence-corrected chi connectivity index (χ2v) is 2.02. The largest absolute Gasteiger partial charge is 2.00 e. The molecule has 0 spiro atoms. The average molecular weight is 152 g/mol. The van der Waals surface area contributed by atoms with Crippen LogP contribution < -0.4 is 0 Å². The zero-order valence-corrected chi connectivity index (χ0v) is 7.59. The van der Waals surface area contributed by atoms with Gasteiger partial charge in [0.15, 0.2) is 0 Å². The molecule has 1 fully saturated rings. The fraction of sp³-hybridized carbons (Fsp3) is 0.714. The second kappa shape index (κ2) is 12.0. The van der Waals surface area contributed by atoms with Gasteiger partial charge in [-0.3, -0.25) is 0 Å². The molecule has 1 rings (SSSR count). The number of rotatable bonds is 0. The van der Waals surface area contributed by atoms with E-state index in [1.165, 1.54) is 32.1 Å². The van der Waals surface area contributed by atoms with Crippen LogP contribution in [0.15, 0.2) is 0 Å². The summed E-state index contributed by atoms with van der Waals surface area (Å²) in [4.78, 5) is 8.24. The van der Waals surface area contributed by atoms with Crippen LogP contribution in [0.25, 0.3) is 0 Å². The van der Waals surface area contributed by atoms with E-state index in [1.807, 2.05) is 0 Å². The molecule has 1 saturated carbocycles. The Morgan fingerprint density at radius 1 is 1.20 bits per heavy atom. The Bertz CT molecular complexity index is 51.1. The molecule has 0 amide bonds. The summed E-state index contributed by atoms with van der Waals surface area (Å²) in [7, 11) is 0. The Morgan fingerprint density at radius 3 is 1.70 bits per heavy atom. The number of hydrogen-bond donors (Lipinski definition) is 1. The first-order chi connectivity index (χ1) is 4.41. The monoisotopic (exact) mass is 152 g/mol. The van der Waals surface area contributed by atoms with E-state index in [0.29, 0.717) is 6.47 Å². The summed E-state index contributed by atoms with van der Waals surface area (Å²) >= 11 is 0. The quantitative estimate of drug-likeness (QED) is 0.421. The van der Waals surface area contributed by atoms with E-state index in [9.17, 15) is 0 Å². The summed E-state index contributed by atoms with van der Waals surface area (Å²) in [6.45, 7) is 0.500. The Labute approximate surface area is 78.2 Å². The van der Waals surface area contributed by atoms with Gasteiger partial charge in [0.05, 0.1) is 0 Å². The van der Waals surface area contributed by atoms with Crippen LogP contribution in [-0.4, -0.2) is 34.6 Å². The molecule has 0 aromatic rings. The van der Waals surface area contributed by atoms with Crippen molar-refractivity contribution in [2.75, 3.05) is 0 Å². The predicted molar refractivity (Wildman–Crippen MR) is 41.5 cm³/mol. The predicted octanol–water partition coefficient (Wildman–Crippen LogP) is 1.39. The Hall–Kier alpha value is 0.236. The molecular formula is C7H12MgO2. The van der Waals surface area contributed by atoms with Gasteiger partial charge in [-0.05, 0) is 0 Å². The van der Waals surface area contributed by atoms with Crippen molar-refractivity contribution in [3.63, 3.8) is 0 Å². The smallest absolute Gasteiger partial charge is 0.665 e. The summed E-state index contributed by atoms with van der Waals surface area (Å²) in [5.74, 6) is 0. The van der Waals surface area contributed by atoms with Gasteiger partial charge in [-0.1, -0.05) is 25.7 Å². The summed E-state index contributed by atoms with van der Waals surface area (Å²) in [5.41, 5.74) is 0. The molecule has 0 heterocycles. The molecular weight excluding hydrogens is 140 g/mol. The van der Waals surface area contributed by atoms with Gasteiger partial charge < -0.3 is 16.3 Å². The first kappa shape index (κ1) is 12.9. The van der Waals surface area contributed by atoms with E-state index in [0.717, 1.165) is 0 Å². The van der Waals surface area contributed by atoms with E-state index in [2.05, 4.69) is 6.42 Å². The van der Waals surface area contributed by atoms with Crippen molar-refractivity contribution >= 4 is 29.5 Å². The summed E-state index contributed by atoms with van der Waals surface area (Å²) in [5, 5.41) is 6.76. The molecule has 0 unspecified atom stereocenters. The molecule has 1 aliphatic rings. The topological polar surface area (TPSA) is 37.3 Å². The van der Waals surface area contributed by atoms with Gasteiger partial charge >= 0.3 is 23.1 Å². The maximum atomic E-state index is 8.24. The third-order valence-electron chi connectivity index (χ3n) is 1.32. The molecule has 10 heavy (non-hydrogen) atoms. The van der Waals surface area contributed by atoms with E-state index in [1.54, 1.807) is 0 Å². The minimum Gasteiger partial charge on any atom is -0.665 e. The van der Waals surface area contributed by atoms with Gasteiger partial charge in [0.2, 0.25) is 0 Å². The van der Waals surface area contributed by atoms with E-state index in [4.69, 9.17) is 9.90 Å². The average Bonchev–Trinajstić information content (AvgIpc) is 1.93. The van der Waals surface area contributed by atoms with Gasteiger partial charge in [0, 0.05) is 0 Å². The van der Waals surface area contributed by atoms with Crippen LogP contribution in [0, 0.1) is 6.42 Å². The van der Waals surface area contributed by atoms with E-state index < -0.39 is 0 Å². The summed E-state index contributed by atoms with van der Waals surface area (Å²) in [6.07, 6.45) is 9.50. The van der Waals surface area contributed by atoms with Crippen LogP contribution in [0.1, 0.15) is 32.1 Å². The SMILES string of the molecule is O=[C-]O.[CH-]1CCCCC1.[Mg+2]. The van der Waals surface area contributed by atoms with Crippen LogP contribution in [0.4, 0.5) is 0 Å². The molecule has 2 nitrogen and oxygen atoms in total. The molecule has 1 aliphatic carbocycles. The third kappa shape index (κ3) is 11.1. The van der Waals surface area contributed by atoms with Crippen molar-refractivity contribution in [1.82, 2.24) is 0 Å². The van der Waals surface area contributed by atoms with Crippen molar-refractivity contribution in [3.8, 4) is 0 Å². The van der Waals surface area contributed by atoms with Crippen LogP contribution in [0.2, 0.25) is 0 Å². The van der Waals surface area contributed by atoms with Crippen LogP contribution >= 0.6 is 0 Å². The van der Waals surface area contributed by atoms with E-state index >= 15 is 0 Å². The zero-order valence-electron chi connectivity index (χ0n) is 6.18. The molecule has 0 aliphatic heterocycles. The van der Waals surface area contributed by atoms with Gasteiger partial charge in [-0.25, -0.2) is 0 Å². The normalized spacial score (nSPS) is 15.6. The van der Waals surface area contributed by atoms with Crippen LogP contribution in [0.5, 0.6) is 0 Å². The molecule has 0 aromatic carbocycles. The van der Waals surface area contributed by atoms with Crippen molar-refractivity contribution in [1.29, 1.82) is 0 Å². The maximum absolute atomic E-state index is 8.24. The molecule has 0 atom stereocenters. The fourth-order valence-electron chi connectivity index (χ4n) is 0.898. The number of aliphatic hydroxyl groups excluding tert-OH is 1. The molecule has 0 aromatic heterocycles. The first-order valence-electron chi connectivity index (χ1n) is 3.24. The van der Waals surface area contributed by atoms with Crippen LogP contribution in [0.3, 0.4) is 0 Å². The van der Waals surface area contributed by atoms with Crippen molar-refractivity contribution in [2.45, 2.75) is 32.1 Å². The Kier molecular flexibility index (Phi) is 15.4. The first-order valence-corrected chi connectivity index (χ1v) is 3.24. The molecule has 54 valence electrons. The fourth-order valence-corrected chi connectivity index (χ4v) is 0.898. The van der Waals surface area contributed by atoms with Gasteiger partial charge in [-0.15, -0.1) is 0 Å². The molecule has 0 radical (unpaired) electrons. The van der Waals surface area contributed by atoms with Gasteiger partial charge in [0.25, 0.3) is 0 Å². The maximum Gasteiger partial charge on any atom is 2.00 e.